The lowest BCUT2D eigenvalue weighted by Gasteiger charge is -1.69. The summed E-state index contributed by atoms with van der Waals surface area (Å²) in [7, 11) is 0. The van der Waals surface area contributed by atoms with Crippen molar-refractivity contribution in [2.24, 2.45) is 0 Å². The lowest BCUT2D eigenvalue weighted by Crippen LogP contribution is -1.89. The lowest BCUT2D eigenvalue weighted by atomic mass is 11.5. The van der Waals surface area contributed by atoms with Gasteiger partial charge in [0.1, 0.15) is 0 Å². The molecule has 0 fully saturated rings. The van der Waals surface area contributed by atoms with E-state index < -0.39 is 0 Å². The topological polar surface area (TPSA) is 14.1 Å². The summed E-state index contributed by atoms with van der Waals surface area (Å²) >= 11 is 13.8. The van der Waals surface area contributed by atoms with Crippen molar-refractivity contribution in [1.82, 2.24) is 4.67 Å². The standard InChI is InChI=1S/C4H6Cl2NS2/c1-8-3(5)7-4(6)9-2/h1-2H3/q+1. The van der Waals surface area contributed by atoms with Gasteiger partial charge >= 0.3 is 9.01 Å². The van der Waals surface area contributed by atoms with Crippen molar-refractivity contribution in [3.63, 3.8) is 0 Å². The van der Waals surface area contributed by atoms with E-state index in [9.17, 15) is 0 Å². The molecule has 0 aliphatic carbocycles. The maximum Gasteiger partial charge on any atom is 0.433 e. The van der Waals surface area contributed by atoms with Crippen molar-refractivity contribution in [3.8, 4) is 0 Å². The maximum absolute atomic E-state index is 5.53. The molecule has 0 radical (unpaired) electrons. The molecule has 0 rings (SSSR count). The summed E-state index contributed by atoms with van der Waals surface area (Å²) in [5.74, 6) is 0. The molecule has 0 unspecified atom stereocenters. The smallest absolute Gasteiger partial charge is 0.0415 e. The zero-order valence-corrected chi connectivity index (χ0v) is 8.16. The Labute approximate surface area is 72.9 Å². The van der Waals surface area contributed by atoms with Crippen molar-refractivity contribution in [2.45, 2.75) is 0 Å². The van der Waals surface area contributed by atoms with Crippen molar-refractivity contribution >= 4 is 55.7 Å². The van der Waals surface area contributed by atoms with E-state index in [-0.39, 0.29) is 0 Å². The predicted molar refractivity (Wildman–Crippen MR) is 50.9 cm³/mol. The summed E-state index contributed by atoms with van der Waals surface area (Å²) in [4.78, 5) is 0. The average molecular weight is 203 g/mol. The summed E-state index contributed by atoms with van der Waals surface area (Å²) in [6, 6.07) is 0. The van der Waals surface area contributed by atoms with Gasteiger partial charge in [-0.2, -0.15) is 0 Å². The molecule has 0 aliphatic rings. The number of hydrogen-bond donors (Lipinski definition) is 0. The maximum atomic E-state index is 5.53. The molecule has 0 atom stereocenters. The normalized spacial score (nSPS) is 8.44. The van der Waals surface area contributed by atoms with Crippen LogP contribution in [0.3, 0.4) is 0 Å². The first-order chi connectivity index (χ1) is 4.20. The molecule has 52 valence electrons. The molecule has 0 saturated heterocycles. The number of nitrogens with zero attached hydrogens (tertiary/aromatic N) is 1. The van der Waals surface area contributed by atoms with E-state index in [4.69, 9.17) is 23.2 Å². The molecule has 0 heterocycles. The van der Waals surface area contributed by atoms with Gasteiger partial charge in [0.25, 0.3) is 0 Å². The Balaban J connectivity index is 4.19. The van der Waals surface area contributed by atoms with Crippen LogP contribution in [0.15, 0.2) is 0 Å². The highest BCUT2D eigenvalue weighted by Gasteiger charge is 2.05. The average Bonchev–Trinajstić information content (AvgIpc) is 1.87. The monoisotopic (exact) mass is 202 g/mol. The zero-order valence-electron chi connectivity index (χ0n) is 5.02. The zero-order chi connectivity index (χ0) is 7.28. The number of thioether (sulfide) groups is 2. The van der Waals surface area contributed by atoms with E-state index >= 15 is 0 Å². The number of halogens is 2. The van der Waals surface area contributed by atoms with Crippen LogP contribution in [0, 0.1) is 0 Å². The minimum absolute atomic E-state index is 0.467. The van der Waals surface area contributed by atoms with E-state index in [2.05, 4.69) is 4.67 Å². The third kappa shape index (κ3) is 5.19. The quantitative estimate of drug-likeness (QED) is 0.339. The van der Waals surface area contributed by atoms with E-state index in [0.29, 0.717) is 9.01 Å². The fourth-order valence-electron chi connectivity index (χ4n) is 0.160. The van der Waals surface area contributed by atoms with E-state index in [1.165, 1.54) is 23.5 Å². The second kappa shape index (κ2) is 5.51. The Kier molecular flexibility index (Phi) is 5.96. The molecule has 0 N–H and O–H groups in total. The molecular weight excluding hydrogens is 197 g/mol. The van der Waals surface area contributed by atoms with Crippen LogP contribution in [0.1, 0.15) is 0 Å². The molecule has 0 bridgehead atoms. The van der Waals surface area contributed by atoms with Gasteiger partial charge in [0.15, 0.2) is 0 Å². The van der Waals surface area contributed by atoms with Crippen LogP contribution in [-0.2, 0) is 0 Å². The van der Waals surface area contributed by atoms with Gasteiger partial charge < -0.3 is 0 Å². The molecule has 0 aromatic heterocycles. The summed E-state index contributed by atoms with van der Waals surface area (Å²) < 4.78 is 4.74. The Bertz CT molecular complexity index is 137. The third-order valence-corrected chi connectivity index (χ3v) is 2.46. The molecule has 0 aromatic carbocycles. The molecule has 0 spiro atoms. The van der Waals surface area contributed by atoms with Gasteiger partial charge in [0.05, 0.1) is 0 Å². The van der Waals surface area contributed by atoms with Crippen LogP contribution < -0.4 is 4.67 Å². The van der Waals surface area contributed by atoms with E-state index in [0.717, 1.165) is 0 Å². The van der Waals surface area contributed by atoms with E-state index in [1.807, 2.05) is 12.5 Å². The van der Waals surface area contributed by atoms with Gasteiger partial charge in [-0.3, -0.25) is 0 Å². The van der Waals surface area contributed by atoms with Gasteiger partial charge in [0.2, 0.25) is 0 Å². The summed E-state index contributed by atoms with van der Waals surface area (Å²) in [5.41, 5.74) is 0. The molecule has 5 heteroatoms. The highest BCUT2D eigenvalue weighted by Crippen LogP contribution is 2.01. The van der Waals surface area contributed by atoms with Crippen molar-refractivity contribution in [1.29, 1.82) is 0 Å². The van der Waals surface area contributed by atoms with Crippen molar-refractivity contribution in [3.05, 3.63) is 0 Å². The number of hydrogen-bond acceptors (Lipinski definition) is 2. The Morgan fingerprint density at radius 3 is 1.67 bits per heavy atom. The number of rotatable bonds is 0. The van der Waals surface area contributed by atoms with Crippen LogP contribution in [-0.4, -0.2) is 21.5 Å². The molecule has 0 amide bonds. The van der Waals surface area contributed by atoms with Gasteiger partial charge in [-0.15, -0.1) is 0 Å². The Hall–Kier alpha value is 0.730. The van der Waals surface area contributed by atoms with Gasteiger partial charge in [0, 0.05) is 23.2 Å². The SMILES string of the molecule is CSC(Cl)=[N+]=C(Cl)SC. The second-order valence-electron chi connectivity index (χ2n) is 1.03. The van der Waals surface area contributed by atoms with Crippen molar-refractivity contribution in [2.75, 3.05) is 12.5 Å². The fourth-order valence-corrected chi connectivity index (χ4v) is 0.896. The van der Waals surface area contributed by atoms with Gasteiger partial charge in [-0.1, -0.05) is 0 Å². The highest BCUT2D eigenvalue weighted by atomic mass is 35.5. The first-order valence-electron chi connectivity index (χ1n) is 2.05. The first kappa shape index (κ1) is 9.73. The van der Waals surface area contributed by atoms with Crippen molar-refractivity contribution < 1.29 is 0 Å². The Morgan fingerprint density at radius 1 is 1.11 bits per heavy atom. The third-order valence-electron chi connectivity index (χ3n) is 0.513. The van der Waals surface area contributed by atoms with Crippen LogP contribution in [0.2, 0.25) is 0 Å². The molecule has 0 aromatic rings. The van der Waals surface area contributed by atoms with Crippen LogP contribution in [0.25, 0.3) is 0 Å². The summed E-state index contributed by atoms with van der Waals surface area (Å²) in [5, 5.41) is 0. The highest BCUT2D eigenvalue weighted by molar-refractivity contribution is 8.17. The van der Waals surface area contributed by atoms with Crippen LogP contribution in [0.5, 0.6) is 0 Å². The minimum atomic E-state index is 0.467. The molecular formula is C4H6Cl2NS2+. The second-order valence-corrected chi connectivity index (χ2v) is 3.78. The minimum Gasteiger partial charge on any atom is -0.0415 e. The van der Waals surface area contributed by atoms with E-state index in [1.54, 1.807) is 0 Å². The predicted octanol–water partition coefficient (Wildman–Crippen LogP) is 1.97. The summed E-state index contributed by atoms with van der Waals surface area (Å²) in [6.07, 6.45) is 3.69. The summed E-state index contributed by atoms with van der Waals surface area (Å²) in [6.45, 7) is 0. The largest absolute Gasteiger partial charge is 0.433 e. The van der Waals surface area contributed by atoms with Gasteiger partial charge in [-0.25, -0.2) is 0 Å². The lowest BCUT2D eigenvalue weighted by molar-refractivity contribution is 1.77. The fraction of sp³-hybridized carbons (Fsp3) is 0.500. The van der Waals surface area contributed by atoms with Gasteiger partial charge in [-0.05, 0) is 40.7 Å². The molecule has 0 saturated carbocycles. The molecule has 9 heavy (non-hydrogen) atoms. The first-order valence-corrected chi connectivity index (χ1v) is 5.26. The van der Waals surface area contributed by atoms with Crippen LogP contribution >= 0.6 is 46.7 Å². The molecule has 1 nitrogen and oxygen atoms in total. The van der Waals surface area contributed by atoms with Crippen LogP contribution in [0.4, 0.5) is 0 Å². The Morgan fingerprint density at radius 2 is 1.44 bits per heavy atom. The molecule has 0 aliphatic heterocycles.